The molecule has 3 rings (SSSR count). The van der Waals surface area contributed by atoms with Gasteiger partial charge in [0.2, 0.25) is 5.91 Å². The number of nitrogens with one attached hydrogen (secondary N) is 2. The molecule has 0 radical (unpaired) electrons. The summed E-state index contributed by atoms with van der Waals surface area (Å²) in [6, 6.07) is 15.7. The topological polar surface area (TPSA) is 58.9 Å². The summed E-state index contributed by atoms with van der Waals surface area (Å²) >= 11 is 0. The van der Waals surface area contributed by atoms with Crippen LogP contribution in [-0.4, -0.2) is 22.0 Å². The number of aromatic nitrogens is 2. The van der Waals surface area contributed by atoms with Gasteiger partial charge in [-0.2, -0.15) is 0 Å². The molecule has 5 nitrogen and oxygen atoms in total. The van der Waals surface area contributed by atoms with E-state index in [0.29, 0.717) is 0 Å². The first-order chi connectivity index (χ1) is 11.7. The van der Waals surface area contributed by atoms with Crippen molar-refractivity contribution in [3.8, 4) is 0 Å². The molecule has 0 bridgehead atoms. The lowest BCUT2D eigenvalue weighted by molar-refractivity contribution is -0.116. The van der Waals surface area contributed by atoms with Gasteiger partial charge in [0, 0.05) is 12.2 Å². The van der Waals surface area contributed by atoms with E-state index < -0.39 is 0 Å². The van der Waals surface area contributed by atoms with Gasteiger partial charge in [-0.15, -0.1) is 24.8 Å². The maximum atomic E-state index is 12.5. The fourth-order valence-electron chi connectivity index (χ4n) is 2.78. The fourth-order valence-corrected chi connectivity index (χ4v) is 2.78. The lowest BCUT2D eigenvalue weighted by atomic mass is 10.1. The van der Waals surface area contributed by atoms with Crippen molar-refractivity contribution in [2.45, 2.75) is 26.9 Å². The van der Waals surface area contributed by atoms with Crippen molar-refractivity contribution >= 4 is 47.4 Å². The van der Waals surface area contributed by atoms with E-state index in [1.165, 1.54) is 0 Å². The molecule has 0 saturated heterocycles. The van der Waals surface area contributed by atoms with Crippen molar-refractivity contribution < 1.29 is 4.79 Å². The SMILES string of the molecule is CCNCc1ccccc1NC(=O)Cn1c(C)nc2ccccc21.Cl.Cl. The highest BCUT2D eigenvalue weighted by atomic mass is 35.5. The van der Waals surface area contributed by atoms with Crippen LogP contribution in [0.5, 0.6) is 0 Å². The molecule has 7 heteroatoms. The Morgan fingerprint density at radius 2 is 1.77 bits per heavy atom. The molecular weight excluding hydrogens is 371 g/mol. The van der Waals surface area contributed by atoms with Crippen molar-refractivity contribution in [3.63, 3.8) is 0 Å². The van der Waals surface area contributed by atoms with Gasteiger partial charge in [-0.1, -0.05) is 37.3 Å². The van der Waals surface area contributed by atoms with Gasteiger partial charge >= 0.3 is 0 Å². The molecule has 0 saturated carbocycles. The van der Waals surface area contributed by atoms with Gasteiger partial charge in [0.15, 0.2) is 0 Å². The third-order valence-corrected chi connectivity index (χ3v) is 4.00. The van der Waals surface area contributed by atoms with E-state index in [9.17, 15) is 4.79 Å². The molecule has 140 valence electrons. The quantitative estimate of drug-likeness (QED) is 0.665. The van der Waals surface area contributed by atoms with Crippen molar-refractivity contribution in [2.24, 2.45) is 0 Å². The van der Waals surface area contributed by atoms with Gasteiger partial charge in [0.25, 0.3) is 0 Å². The number of hydrogen-bond donors (Lipinski definition) is 2. The number of hydrogen-bond acceptors (Lipinski definition) is 3. The summed E-state index contributed by atoms with van der Waals surface area (Å²) in [5.41, 5.74) is 3.83. The van der Waals surface area contributed by atoms with E-state index >= 15 is 0 Å². The zero-order valence-corrected chi connectivity index (χ0v) is 16.5. The number of fused-ring (bicyclic) bond motifs is 1. The van der Waals surface area contributed by atoms with Crippen molar-refractivity contribution in [1.29, 1.82) is 0 Å². The molecular formula is C19H24Cl2N4O. The zero-order valence-electron chi connectivity index (χ0n) is 14.9. The monoisotopic (exact) mass is 394 g/mol. The predicted molar refractivity (Wildman–Crippen MR) is 111 cm³/mol. The van der Waals surface area contributed by atoms with E-state index in [1.54, 1.807) is 0 Å². The number of benzene rings is 2. The summed E-state index contributed by atoms with van der Waals surface area (Å²) in [6.45, 7) is 5.87. The van der Waals surface area contributed by atoms with E-state index in [0.717, 1.165) is 41.2 Å². The van der Waals surface area contributed by atoms with Gasteiger partial charge in [-0.3, -0.25) is 4.79 Å². The largest absolute Gasteiger partial charge is 0.324 e. The summed E-state index contributed by atoms with van der Waals surface area (Å²) in [4.78, 5) is 17.0. The first kappa shape index (κ1) is 22.0. The number of carbonyl (C=O) groups is 1. The van der Waals surface area contributed by atoms with Crippen LogP contribution in [0.25, 0.3) is 11.0 Å². The molecule has 0 fully saturated rings. The van der Waals surface area contributed by atoms with Crippen molar-refractivity contribution in [3.05, 3.63) is 59.9 Å². The average molecular weight is 395 g/mol. The summed E-state index contributed by atoms with van der Waals surface area (Å²) in [7, 11) is 0. The highest BCUT2D eigenvalue weighted by Crippen LogP contribution is 2.17. The first-order valence-electron chi connectivity index (χ1n) is 8.19. The second-order valence-corrected chi connectivity index (χ2v) is 5.72. The zero-order chi connectivity index (χ0) is 16.9. The molecule has 26 heavy (non-hydrogen) atoms. The molecule has 0 aliphatic heterocycles. The van der Waals surface area contributed by atoms with Crippen molar-refractivity contribution in [2.75, 3.05) is 11.9 Å². The van der Waals surface area contributed by atoms with Crippen LogP contribution in [-0.2, 0) is 17.9 Å². The van der Waals surface area contributed by atoms with Crippen molar-refractivity contribution in [1.82, 2.24) is 14.9 Å². The molecule has 1 heterocycles. The Labute approximate surface area is 166 Å². The van der Waals surface area contributed by atoms with Gasteiger partial charge in [-0.25, -0.2) is 4.98 Å². The number of carbonyl (C=O) groups excluding carboxylic acids is 1. The molecule has 0 spiro atoms. The Hall–Kier alpha value is -2.08. The van der Waals surface area contributed by atoms with E-state index in [4.69, 9.17) is 0 Å². The minimum absolute atomic E-state index is 0. The number of nitrogens with zero attached hydrogens (tertiary/aromatic N) is 2. The summed E-state index contributed by atoms with van der Waals surface area (Å²) < 4.78 is 1.94. The molecule has 1 aromatic heterocycles. The highest BCUT2D eigenvalue weighted by molar-refractivity contribution is 5.92. The Bertz CT molecular complexity index is 864. The van der Waals surface area contributed by atoms with Gasteiger partial charge < -0.3 is 15.2 Å². The summed E-state index contributed by atoms with van der Waals surface area (Å²) in [5, 5.41) is 6.31. The van der Waals surface area contributed by atoms with Gasteiger partial charge in [0.05, 0.1) is 11.0 Å². The van der Waals surface area contributed by atoms with Crippen LogP contribution in [0.2, 0.25) is 0 Å². The van der Waals surface area contributed by atoms with Crippen LogP contribution in [0, 0.1) is 6.92 Å². The molecule has 0 aliphatic carbocycles. The summed E-state index contributed by atoms with van der Waals surface area (Å²) in [5.74, 6) is 0.789. The Morgan fingerprint density at radius 1 is 1.08 bits per heavy atom. The average Bonchev–Trinajstić information content (AvgIpc) is 2.90. The van der Waals surface area contributed by atoms with Crippen LogP contribution in [0.15, 0.2) is 48.5 Å². The van der Waals surface area contributed by atoms with E-state index in [2.05, 4.69) is 22.5 Å². The second-order valence-electron chi connectivity index (χ2n) is 5.72. The first-order valence-corrected chi connectivity index (χ1v) is 8.19. The Kier molecular flexibility index (Phi) is 8.58. The number of halogens is 2. The lowest BCUT2D eigenvalue weighted by Crippen LogP contribution is -2.21. The maximum Gasteiger partial charge on any atom is 0.244 e. The Morgan fingerprint density at radius 3 is 2.54 bits per heavy atom. The van der Waals surface area contributed by atoms with E-state index in [-0.39, 0.29) is 37.3 Å². The number of para-hydroxylation sites is 3. The maximum absolute atomic E-state index is 12.5. The molecule has 2 aromatic carbocycles. The minimum atomic E-state index is -0.0507. The number of imidazole rings is 1. The highest BCUT2D eigenvalue weighted by Gasteiger charge is 2.12. The summed E-state index contributed by atoms with van der Waals surface area (Å²) in [6.07, 6.45) is 0. The van der Waals surface area contributed by atoms with E-state index in [1.807, 2.05) is 60.0 Å². The van der Waals surface area contributed by atoms with Crippen LogP contribution >= 0.6 is 24.8 Å². The number of rotatable bonds is 6. The van der Waals surface area contributed by atoms with Gasteiger partial charge in [0.1, 0.15) is 12.4 Å². The Balaban J connectivity index is 0.00000169. The lowest BCUT2D eigenvalue weighted by Gasteiger charge is -2.12. The number of aryl methyl sites for hydroxylation is 1. The molecule has 0 aliphatic rings. The number of anilines is 1. The molecule has 0 unspecified atom stereocenters. The van der Waals surface area contributed by atoms with Crippen LogP contribution < -0.4 is 10.6 Å². The number of amides is 1. The van der Waals surface area contributed by atoms with Crippen LogP contribution in [0.1, 0.15) is 18.3 Å². The molecule has 1 amide bonds. The fraction of sp³-hybridized carbons (Fsp3) is 0.263. The second kappa shape index (κ2) is 10.2. The van der Waals surface area contributed by atoms with Crippen LogP contribution in [0.4, 0.5) is 5.69 Å². The third kappa shape index (κ3) is 4.97. The normalized spacial score (nSPS) is 10.1. The smallest absolute Gasteiger partial charge is 0.244 e. The van der Waals surface area contributed by atoms with Crippen LogP contribution in [0.3, 0.4) is 0 Å². The third-order valence-electron chi connectivity index (χ3n) is 4.00. The molecule has 3 aromatic rings. The predicted octanol–water partition coefficient (Wildman–Crippen LogP) is 3.94. The standard InChI is InChI=1S/C19H22N4O.2ClH/c1-3-20-12-15-8-4-5-9-16(15)22-19(24)13-23-14(2)21-17-10-6-7-11-18(17)23;;/h4-11,20H,3,12-13H2,1-2H3,(H,22,24);2*1H. The molecule has 0 atom stereocenters. The van der Waals surface area contributed by atoms with Gasteiger partial charge in [-0.05, 0) is 37.2 Å². The minimum Gasteiger partial charge on any atom is -0.324 e. The molecule has 2 N–H and O–H groups in total.